The van der Waals surface area contributed by atoms with Gasteiger partial charge in [-0.2, -0.15) is 0 Å². The molecule has 3 heterocycles. The quantitative estimate of drug-likeness (QED) is 0.383. The first kappa shape index (κ1) is 23.2. The van der Waals surface area contributed by atoms with Gasteiger partial charge in [-0.1, -0.05) is 72.0 Å². The zero-order valence-corrected chi connectivity index (χ0v) is 21.1. The van der Waals surface area contributed by atoms with Crippen LogP contribution in [0.1, 0.15) is 29.7 Å². The first-order valence-electron chi connectivity index (χ1n) is 11.9. The Morgan fingerprint density at radius 3 is 2.57 bits per heavy atom. The molecule has 2 aliphatic heterocycles. The number of carbonyl (C=O) groups is 1. The Bertz CT molecular complexity index is 1660. The molecule has 0 radical (unpaired) electrons. The molecule has 186 valence electrons. The SMILES string of the molecule is COC(=O)[C@H]1[C@H]2c3ccccc3O[C@]1(C)N=c1s/c(=C/c3ccc(OCc4ccccc4)cc3)c(=O)n12. The van der Waals surface area contributed by atoms with E-state index in [2.05, 4.69) is 0 Å². The molecular weight excluding hydrogens is 488 g/mol. The van der Waals surface area contributed by atoms with Crippen molar-refractivity contribution in [2.24, 2.45) is 10.9 Å². The van der Waals surface area contributed by atoms with E-state index in [-0.39, 0.29) is 5.56 Å². The number of fused-ring (bicyclic) bond motifs is 6. The summed E-state index contributed by atoms with van der Waals surface area (Å²) in [6, 6.07) is 24.4. The highest BCUT2D eigenvalue weighted by Gasteiger charge is 2.55. The van der Waals surface area contributed by atoms with Crippen molar-refractivity contribution in [2.45, 2.75) is 25.3 Å². The second-order valence-corrected chi connectivity index (χ2v) is 10.2. The van der Waals surface area contributed by atoms with E-state index in [1.54, 1.807) is 11.5 Å². The number of nitrogens with zero attached hydrogens (tertiary/aromatic N) is 2. The topological polar surface area (TPSA) is 79.1 Å². The molecule has 2 bridgehead atoms. The zero-order valence-electron chi connectivity index (χ0n) is 20.3. The fourth-order valence-corrected chi connectivity index (χ4v) is 6.08. The number of esters is 1. The van der Waals surface area contributed by atoms with Crippen LogP contribution in [0.4, 0.5) is 0 Å². The molecular formula is C29H24N2O5S. The first-order valence-corrected chi connectivity index (χ1v) is 12.7. The maximum atomic E-state index is 13.7. The van der Waals surface area contributed by atoms with Gasteiger partial charge >= 0.3 is 5.97 Å². The Morgan fingerprint density at radius 2 is 1.81 bits per heavy atom. The molecule has 3 atom stereocenters. The molecule has 0 saturated carbocycles. The van der Waals surface area contributed by atoms with Crippen LogP contribution in [-0.2, 0) is 16.1 Å². The van der Waals surface area contributed by atoms with Crippen LogP contribution in [0.25, 0.3) is 6.08 Å². The summed E-state index contributed by atoms with van der Waals surface area (Å²) >= 11 is 1.28. The summed E-state index contributed by atoms with van der Waals surface area (Å²) in [4.78, 5) is 31.8. The number of para-hydroxylation sites is 1. The summed E-state index contributed by atoms with van der Waals surface area (Å²) in [5, 5.41) is 0. The Labute approximate surface area is 216 Å². The lowest BCUT2D eigenvalue weighted by atomic mass is 9.81. The fourth-order valence-electron chi connectivity index (χ4n) is 4.98. The first-order chi connectivity index (χ1) is 18.0. The van der Waals surface area contributed by atoms with Crippen molar-refractivity contribution in [1.29, 1.82) is 0 Å². The molecule has 0 spiro atoms. The Balaban J connectivity index is 1.38. The molecule has 0 amide bonds. The molecule has 8 heteroatoms. The minimum absolute atomic E-state index is 0.203. The van der Waals surface area contributed by atoms with Gasteiger partial charge in [0, 0.05) is 5.56 Å². The Kier molecular flexibility index (Phi) is 5.68. The number of hydrogen-bond donors (Lipinski definition) is 0. The second kappa shape index (κ2) is 9.05. The highest BCUT2D eigenvalue weighted by Crippen LogP contribution is 2.47. The van der Waals surface area contributed by atoms with E-state index in [4.69, 9.17) is 19.2 Å². The van der Waals surface area contributed by atoms with Crippen molar-refractivity contribution in [3.05, 3.63) is 115 Å². The highest BCUT2D eigenvalue weighted by molar-refractivity contribution is 7.07. The molecule has 0 N–H and O–H groups in total. The summed E-state index contributed by atoms with van der Waals surface area (Å²) in [5.74, 6) is 0.0982. The molecule has 0 unspecified atom stereocenters. The van der Waals surface area contributed by atoms with Gasteiger partial charge in [0.1, 0.15) is 24.0 Å². The molecule has 3 aromatic carbocycles. The van der Waals surface area contributed by atoms with Crippen molar-refractivity contribution in [3.8, 4) is 11.5 Å². The molecule has 6 rings (SSSR count). The number of thiazole rings is 1. The maximum absolute atomic E-state index is 13.7. The number of aromatic nitrogens is 1. The molecule has 4 aromatic rings. The maximum Gasteiger partial charge on any atom is 0.317 e. The number of rotatable bonds is 5. The second-order valence-electron chi connectivity index (χ2n) is 9.16. The summed E-state index contributed by atoms with van der Waals surface area (Å²) < 4.78 is 19.3. The van der Waals surface area contributed by atoms with Crippen molar-refractivity contribution in [1.82, 2.24) is 4.57 Å². The molecule has 0 fully saturated rings. The Morgan fingerprint density at radius 1 is 1.08 bits per heavy atom. The van der Waals surface area contributed by atoms with E-state index >= 15 is 0 Å². The molecule has 7 nitrogen and oxygen atoms in total. The summed E-state index contributed by atoms with van der Waals surface area (Å²) in [7, 11) is 1.34. The standard InChI is InChI=1S/C29H24N2O5S/c1-29-24(27(33)34-2)25(21-10-6-7-11-22(21)36-29)31-26(32)23(37-28(31)30-29)16-18-12-14-20(15-13-18)35-17-19-8-4-3-5-9-19/h3-16,24-25H,17H2,1-2H3/b23-16+/t24-,25-,29+/m1/s1. The van der Waals surface area contributed by atoms with Crippen LogP contribution >= 0.6 is 11.3 Å². The van der Waals surface area contributed by atoms with Gasteiger partial charge in [0.15, 0.2) is 4.80 Å². The van der Waals surface area contributed by atoms with Gasteiger partial charge in [0.25, 0.3) is 5.56 Å². The normalized spacial score (nSPS) is 21.7. The van der Waals surface area contributed by atoms with Gasteiger partial charge in [-0.3, -0.25) is 14.2 Å². The van der Waals surface area contributed by atoms with Crippen LogP contribution < -0.4 is 24.4 Å². The number of benzene rings is 3. The summed E-state index contributed by atoms with van der Waals surface area (Å²) in [6.45, 7) is 2.25. The predicted molar refractivity (Wildman–Crippen MR) is 139 cm³/mol. The van der Waals surface area contributed by atoms with Gasteiger partial charge < -0.3 is 14.2 Å². The van der Waals surface area contributed by atoms with E-state index in [0.717, 1.165) is 22.4 Å². The Hall–Kier alpha value is -4.17. The monoisotopic (exact) mass is 512 g/mol. The zero-order chi connectivity index (χ0) is 25.6. The minimum atomic E-state index is -1.18. The summed E-state index contributed by atoms with van der Waals surface area (Å²) in [6.07, 6.45) is 1.83. The highest BCUT2D eigenvalue weighted by atomic mass is 32.1. The van der Waals surface area contributed by atoms with Gasteiger partial charge in [0.05, 0.1) is 17.7 Å². The van der Waals surface area contributed by atoms with Crippen LogP contribution in [0.5, 0.6) is 11.5 Å². The predicted octanol–water partition coefficient (Wildman–Crippen LogP) is 3.44. The smallest absolute Gasteiger partial charge is 0.317 e. The summed E-state index contributed by atoms with van der Waals surface area (Å²) in [5.41, 5.74) is 1.33. The third-order valence-corrected chi connectivity index (χ3v) is 7.74. The minimum Gasteiger partial charge on any atom is -0.489 e. The lowest BCUT2D eigenvalue weighted by molar-refractivity contribution is -0.158. The number of hydrogen-bond acceptors (Lipinski definition) is 7. The van der Waals surface area contributed by atoms with Gasteiger partial charge in [-0.05, 0) is 42.3 Å². The molecule has 1 aromatic heterocycles. The number of methoxy groups -OCH3 is 1. The molecule has 0 saturated heterocycles. The molecule has 37 heavy (non-hydrogen) atoms. The van der Waals surface area contributed by atoms with Crippen LogP contribution in [0.2, 0.25) is 0 Å². The van der Waals surface area contributed by atoms with Crippen LogP contribution in [0.15, 0.2) is 88.6 Å². The van der Waals surface area contributed by atoms with Gasteiger partial charge in [-0.15, -0.1) is 0 Å². The van der Waals surface area contributed by atoms with E-state index in [9.17, 15) is 9.59 Å². The van der Waals surface area contributed by atoms with E-state index in [0.29, 0.717) is 21.7 Å². The van der Waals surface area contributed by atoms with Crippen LogP contribution in [0, 0.1) is 5.92 Å². The third kappa shape index (κ3) is 4.03. The average Bonchev–Trinajstić information content (AvgIpc) is 3.21. The number of ether oxygens (including phenoxy) is 3. The van der Waals surface area contributed by atoms with Crippen LogP contribution in [-0.4, -0.2) is 23.4 Å². The lowest BCUT2D eigenvalue weighted by Gasteiger charge is -2.44. The van der Waals surface area contributed by atoms with Crippen LogP contribution in [0.3, 0.4) is 0 Å². The largest absolute Gasteiger partial charge is 0.489 e. The van der Waals surface area contributed by atoms with E-state index < -0.39 is 23.7 Å². The average molecular weight is 513 g/mol. The van der Waals surface area contributed by atoms with Crippen molar-refractivity contribution >= 4 is 23.4 Å². The van der Waals surface area contributed by atoms with Crippen molar-refractivity contribution in [3.63, 3.8) is 0 Å². The van der Waals surface area contributed by atoms with E-state index in [1.165, 1.54) is 18.4 Å². The van der Waals surface area contributed by atoms with Crippen molar-refractivity contribution in [2.75, 3.05) is 7.11 Å². The van der Waals surface area contributed by atoms with Gasteiger partial charge in [-0.25, -0.2) is 4.99 Å². The molecule has 0 aliphatic carbocycles. The number of carbonyl (C=O) groups excluding carboxylic acids is 1. The van der Waals surface area contributed by atoms with Crippen molar-refractivity contribution < 1.29 is 19.0 Å². The van der Waals surface area contributed by atoms with E-state index in [1.807, 2.05) is 84.9 Å². The third-order valence-electron chi connectivity index (χ3n) is 6.76. The lowest BCUT2D eigenvalue weighted by Crippen LogP contribution is -2.58. The van der Waals surface area contributed by atoms with Gasteiger partial charge in [0.2, 0.25) is 5.72 Å². The molecule has 2 aliphatic rings. The fraction of sp³-hybridized carbons (Fsp3) is 0.207.